The highest BCUT2D eigenvalue weighted by Crippen LogP contribution is 2.35. The van der Waals surface area contributed by atoms with Crippen molar-refractivity contribution in [3.63, 3.8) is 0 Å². The van der Waals surface area contributed by atoms with Crippen molar-refractivity contribution in [2.45, 2.75) is 17.5 Å². The molecule has 0 aromatic heterocycles. The van der Waals surface area contributed by atoms with Crippen LogP contribution in [0.15, 0.2) is 59.5 Å². The molecule has 0 saturated carbocycles. The van der Waals surface area contributed by atoms with Gasteiger partial charge in [-0.05, 0) is 43.3 Å². The molecule has 178 valence electrons. The van der Waals surface area contributed by atoms with Crippen molar-refractivity contribution in [3.05, 3.63) is 60.2 Å². The molecule has 0 N–H and O–H groups in total. The Morgan fingerprint density at radius 3 is 2.24 bits per heavy atom. The number of carbonyl (C=O) groups is 1. The average Bonchev–Trinajstić information content (AvgIpc) is 2.85. The van der Waals surface area contributed by atoms with E-state index in [1.165, 1.54) is 4.31 Å². The van der Waals surface area contributed by atoms with E-state index in [1.54, 1.807) is 54.5 Å². The number of benzene rings is 2. The van der Waals surface area contributed by atoms with Gasteiger partial charge in [0.15, 0.2) is 0 Å². The molecule has 0 spiro atoms. The first-order chi connectivity index (χ1) is 15.9. The zero-order valence-electron chi connectivity index (χ0n) is 19.3. The molecule has 2 aromatic carbocycles. The first-order valence-electron chi connectivity index (χ1n) is 11.3. The first kappa shape index (κ1) is 23.7. The van der Waals surface area contributed by atoms with Crippen molar-refractivity contribution in [3.8, 4) is 5.75 Å². The van der Waals surface area contributed by atoms with E-state index in [9.17, 15) is 13.2 Å². The summed E-state index contributed by atoms with van der Waals surface area (Å²) in [5.74, 6) is 0.635. The summed E-state index contributed by atoms with van der Waals surface area (Å²) in [4.78, 5) is 19.8. The first-order valence-corrected chi connectivity index (χ1v) is 12.8. The van der Waals surface area contributed by atoms with Crippen LogP contribution in [0, 0.1) is 0 Å². The molecule has 0 aliphatic carbocycles. The summed E-state index contributed by atoms with van der Waals surface area (Å²) in [7, 11) is -0.124. The fourth-order valence-electron chi connectivity index (χ4n) is 4.45. The SMILES string of the molecule is COc1ccc(C2N(C(=O)CN3CCN(C)CC3)CCCN2S(=O)(=O)c2ccccc2)cc1. The van der Waals surface area contributed by atoms with Crippen LogP contribution in [0.3, 0.4) is 0 Å². The molecule has 2 aliphatic rings. The number of likely N-dealkylation sites (N-methyl/N-ethyl adjacent to an activating group) is 1. The van der Waals surface area contributed by atoms with E-state index in [0.29, 0.717) is 31.8 Å². The predicted octanol–water partition coefficient (Wildman–Crippen LogP) is 1.86. The molecular formula is C24H32N4O4S. The van der Waals surface area contributed by atoms with Gasteiger partial charge in [0.1, 0.15) is 11.9 Å². The Morgan fingerprint density at radius 2 is 1.61 bits per heavy atom. The monoisotopic (exact) mass is 472 g/mol. The van der Waals surface area contributed by atoms with Crippen LogP contribution in [0.1, 0.15) is 18.2 Å². The van der Waals surface area contributed by atoms with E-state index in [4.69, 9.17) is 4.74 Å². The number of piperazine rings is 1. The summed E-state index contributed by atoms with van der Waals surface area (Å²) >= 11 is 0. The van der Waals surface area contributed by atoms with Gasteiger partial charge in [-0.3, -0.25) is 9.69 Å². The molecule has 2 fully saturated rings. The second-order valence-corrected chi connectivity index (χ2v) is 10.5. The molecule has 33 heavy (non-hydrogen) atoms. The lowest BCUT2D eigenvalue weighted by atomic mass is 10.1. The second-order valence-electron chi connectivity index (χ2n) is 8.60. The average molecular weight is 473 g/mol. The van der Waals surface area contributed by atoms with E-state index < -0.39 is 16.2 Å². The van der Waals surface area contributed by atoms with E-state index in [-0.39, 0.29) is 10.8 Å². The number of amides is 1. The highest BCUT2D eigenvalue weighted by Gasteiger charge is 2.41. The molecule has 1 atom stereocenters. The topological polar surface area (TPSA) is 73.4 Å². The summed E-state index contributed by atoms with van der Waals surface area (Å²) in [6, 6.07) is 15.7. The van der Waals surface area contributed by atoms with Crippen LogP contribution in [0.2, 0.25) is 0 Å². The van der Waals surface area contributed by atoms with Gasteiger partial charge in [-0.25, -0.2) is 8.42 Å². The molecule has 2 saturated heterocycles. The molecule has 1 unspecified atom stereocenters. The number of carbonyl (C=O) groups excluding carboxylic acids is 1. The Labute approximate surface area is 196 Å². The molecule has 8 nitrogen and oxygen atoms in total. The van der Waals surface area contributed by atoms with Crippen LogP contribution < -0.4 is 4.74 Å². The highest BCUT2D eigenvalue weighted by atomic mass is 32.2. The van der Waals surface area contributed by atoms with E-state index in [2.05, 4.69) is 16.8 Å². The van der Waals surface area contributed by atoms with Crippen LogP contribution >= 0.6 is 0 Å². The smallest absolute Gasteiger partial charge is 0.245 e. The molecule has 2 aromatic rings. The summed E-state index contributed by atoms with van der Waals surface area (Å²) in [5.41, 5.74) is 0.752. The standard InChI is InChI=1S/C24H32N4O4S/c1-25-15-17-26(18-16-25)19-23(29)27-13-6-14-28(33(30,31)22-7-4-3-5-8-22)24(27)20-9-11-21(32-2)12-10-20/h3-5,7-12,24H,6,13-19H2,1-2H3. The molecule has 2 aliphatic heterocycles. The largest absolute Gasteiger partial charge is 0.497 e. The van der Waals surface area contributed by atoms with Gasteiger partial charge in [-0.15, -0.1) is 0 Å². The number of hydrogen-bond donors (Lipinski definition) is 0. The zero-order valence-corrected chi connectivity index (χ0v) is 20.1. The summed E-state index contributed by atoms with van der Waals surface area (Å²) in [5, 5.41) is 0. The van der Waals surface area contributed by atoms with Gasteiger partial charge in [-0.2, -0.15) is 4.31 Å². The van der Waals surface area contributed by atoms with E-state index >= 15 is 0 Å². The maximum atomic E-state index is 13.6. The Bertz CT molecular complexity index is 1040. The lowest BCUT2D eigenvalue weighted by molar-refractivity contribution is -0.140. The highest BCUT2D eigenvalue weighted by molar-refractivity contribution is 7.89. The third-order valence-corrected chi connectivity index (χ3v) is 8.25. The molecule has 4 rings (SSSR count). The van der Waals surface area contributed by atoms with Gasteiger partial charge in [0.2, 0.25) is 15.9 Å². The molecule has 9 heteroatoms. The maximum Gasteiger partial charge on any atom is 0.245 e. The van der Waals surface area contributed by atoms with Crippen LogP contribution in [0.4, 0.5) is 0 Å². The molecule has 0 bridgehead atoms. The van der Waals surface area contributed by atoms with Crippen molar-refractivity contribution in [1.29, 1.82) is 0 Å². The lowest BCUT2D eigenvalue weighted by Crippen LogP contribution is -2.55. The van der Waals surface area contributed by atoms with Crippen molar-refractivity contribution in [2.24, 2.45) is 0 Å². The van der Waals surface area contributed by atoms with Gasteiger partial charge in [-0.1, -0.05) is 30.3 Å². The number of ether oxygens (including phenoxy) is 1. The fraction of sp³-hybridized carbons (Fsp3) is 0.458. The number of sulfonamides is 1. The predicted molar refractivity (Wildman–Crippen MR) is 126 cm³/mol. The van der Waals surface area contributed by atoms with E-state index in [1.807, 2.05) is 12.1 Å². The number of nitrogens with zero attached hydrogens (tertiary/aromatic N) is 4. The quantitative estimate of drug-likeness (QED) is 0.639. The second kappa shape index (κ2) is 10.2. The molecule has 1 amide bonds. The minimum Gasteiger partial charge on any atom is -0.497 e. The Balaban J connectivity index is 1.66. The van der Waals surface area contributed by atoms with Crippen molar-refractivity contribution in [1.82, 2.24) is 19.0 Å². The van der Waals surface area contributed by atoms with Crippen molar-refractivity contribution in [2.75, 3.05) is 60.0 Å². The van der Waals surface area contributed by atoms with Crippen molar-refractivity contribution < 1.29 is 17.9 Å². The molecule has 2 heterocycles. The summed E-state index contributed by atoms with van der Waals surface area (Å²) < 4.78 is 34.0. The summed E-state index contributed by atoms with van der Waals surface area (Å²) in [6.07, 6.45) is -0.109. The molecular weight excluding hydrogens is 440 g/mol. The van der Waals surface area contributed by atoms with Gasteiger partial charge >= 0.3 is 0 Å². The third-order valence-electron chi connectivity index (χ3n) is 6.38. The Morgan fingerprint density at radius 1 is 0.939 bits per heavy atom. The fourth-order valence-corrected chi connectivity index (χ4v) is 6.09. The van der Waals surface area contributed by atoms with Crippen LogP contribution in [0.5, 0.6) is 5.75 Å². The van der Waals surface area contributed by atoms with Crippen LogP contribution in [-0.2, 0) is 14.8 Å². The number of hydrogen-bond acceptors (Lipinski definition) is 6. The Kier molecular flexibility index (Phi) is 7.33. The van der Waals surface area contributed by atoms with Crippen molar-refractivity contribution >= 4 is 15.9 Å². The minimum absolute atomic E-state index is 0.0478. The zero-order chi connectivity index (χ0) is 23.4. The lowest BCUT2D eigenvalue weighted by Gasteiger charge is -2.44. The van der Waals surface area contributed by atoms with Crippen LogP contribution in [-0.4, -0.2) is 93.3 Å². The maximum absolute atomic E-state index is 13.6. The van der Waals surface area contributed by atoms with Gasteiger partial charge in [0.05, 0.1) is 18.6 Å². The third kappa shape index (κ3) is 5.22. The Hall–Kier alpha value is -2.46. The summed E-state index contributed by atoms with van der Waals surface area (Å²) in [6.45, 7) is 4.66. The minimum atomic E-state index is -3.79. The van der Waals surface area contributed by atoms with Gasteiger partial charge in [0, 0.05) is 39.3 Å². The van der Waals surface area contributed by atoms with Gasteiger partial charge < -0.3 is 14.5 Å². The number of rotatable bonds is 6. The number of methoxy groups -OCH3 is 1. The van der Waals surface area contributed by atoms with Gasteiger partial charge in [0.25, 0.3) is 0 Å². The van der Waals surface area contributed by atoms with Crippen LogP contribution in [0.25, 0.3) is 0 Å². The van der Waals surface area contributed by atoms with E-state index in [0.717, 1.165) is 31.7 Å². The molecule has 0 radical (unpaired) electrons. The normalized spacial score (nSPS) is 21.2.